The SMILES string of the molecule is C=C(N)NC(=O)Cc1c(Cl)ccc(-c2ccc(OC)cc2)c1Cl. The summed E-state index contributed by atoms with van der Waals surface area (Å²) in [6.45, 7) is 3.43. The van der Waals surface area contributed by atoms with Gasteiger partial charge in [-0.05, 0) is 29.3 Å². The van der Waals surface area contributed by atoms with E-state index in [1.807, 2.05) is 30.3 Å². The maximum absolute atomic E-state index is 11.9. The van der Waals surface area contributed by atoms with Crippen molar-refractivity contribution in [1.29, 1.82) is 0 Å². The predicted octanol–water partition coefficient (Wildman–Crippen LogP) is 3.76. The predicted molar refractivity (Wildman–Crippen MR) is 93.6 cm³/mol. The molecule has 0 saturated carbocycles. The zero-order valence-corrected chi connectivity index (χ0v) is 14.0. The summed E-state index contributed by atoms with van der Waals surface area (Å²) in [5.41, 5.74) is 7.59. The Kier molecular flexibility index (Phi) is 5.53. The van der Waals surface area contributed by atoms with E-state index in [-0.39, 0.29) is 18.1 Å². The molecule has 3 N–H and O–H groups in total. The van der Waals surface area contributed by atoms with Crippen molar-refractivity contribution in [3.63, 3.8) is 0 Å². The van der Waals surface area contributed by atoms with E-state index in [2.05, 4.69) is 11.9 Å². The third-order valence-corrected chi connectivity index (χ3v) is 4.01. The number of nitrogens with one attached hydrogen (secondary N) is 1. The number of amides is 1. The fourth-order valence-corrected chi connectivity index (χ4v) is 2.75. The highest BCUT2D eigenvalue weighted by molar-refractivity contribution is 6.38. The van der Waals surface area contributed by atoms with E-state index in [1.165, 1.54) is 0 Å². The fourth-order valence-electron chi connectivity index (χ4n) is 2.14. The largest absolute Gasteiger partial charge is 0.497 e. The minimum atomic E-state index is -0.326. The summed E-state index contributed by atoms with van der Waals surface area (Å²) in [6, 6.07) is 11.0. The first-order chi connectivity index (χ1) is 10.9. The average Bonchev–Trinajstić information content (AvgIpc) is 2.51. The average molecular weight is 351 g/mol. The summed E-state index contributed by atoms with van der Waals surface area (Å²) in [5, 5.41) is 3.28. The van der Waals surface area contributed by atoms with Crippen molar-refractivity contribution in [1.82, 2.24) is 5.32 Å². The zero-order chi connectivity index (χ0) is 17.0. The topological polar surface area (TPSA) is 64.3 Å². The van der Waals surface area contributed by atoms with Crippen LogP contribution in [0.15, 0.2) is 48.8 Å². The van der Waals surface area contributed by atoms with E-state index >= 15 is 0 Å². The Hall–Kier alpha value is -2.17. The smallest absolute Gasteiger partial charge is 0.229 e. The molecule has 2 aromatic carbocycles. The van der Waals surface area contributed by atoms with Crippen LogP contribution in [0.25, 0.3) is 11.1 Å². The molecule has 4 nitrogen and oxygen atoms in total. The van der Waals surface area contributed by atoms with Crippen molar-refractivity contribution in [2.24, 2.45) is 5.73 Å². The standard InChI is InChI=1S/C17H16Cl2N2O2/c1-10(20)21-16(22)9-14-15(18)8-7-13(17(14)19)11-3-5-12(23-2)6-4-11/h3-8H,1,9,20H2,2H3,(H,21,22). The van der Waals surface area contributed by atoms with Gasteiger partial charge >= 0.3 is 0 Å². The molecule has 2 aromatic rings. The number of methoxy groups -OCH3 is 1. The Labute approximate surface area is 144 Å². The van der Waals surface area contributed by atoms with Crippen LogP contribution in [0.2, 0.25) is 10.0 Å². The normalized spacial score (nSPS) is 10.2. The molecular weight excluding hydrogens is 335 g/mol. The van der Waals surface area contributed by atoms with Gasteiger partial charge in [-0.3, -0.25) is 4.79 Å². The van der Waals surface area contributed by atoms with Crippen molar-refractivity contribution in [3.8, 4) is 16.9 Å². The van der Waals surface area contributed by atoms with E-state index in [9.17, 15) is 4.79 Å². The van der Waals surface area contributed by atoms with E-state index in [1.54, 1.807) is 13.2 Å². The molecule has 0 atom stereocenters. The minimum absolute atomic E-state index is 0.0118. The molecule has 0 saturated heterocycles. The molecule has 0 unspecified atom stereocenters. The fraction of sp³-hybridized carbons (Fsp3) is 0.118. The second kappa shape index (κ2) is 7.40. The highest BCUT2D eigenvalue weighted by Crippen LogP contribution is 2.35. The molecule has 0 aromatic heterocycles. The second-order valence-electron chi connectivity index (χ2n) is 4.87. The van der Waals surface area contributed by atoms with Crippen LogP contribution >= 0.6 is 23.2 Å². The molecule has 0 aliphatic heterocycles. The van der Waals surface area contributed by atoms with E-state index in [4.69, 9.17) is 33.7 Å². The van der Waals surface area contributed by atoms with Crippen LogP contribution in [0.1, 0.15) is 5.56 Å². The van der Waals surface area contributed by atoms with Crippen molar-refractivity contribution >= 4 is 29.1 Å². The molecule has 2 rings (SSSR count). The van der Waals surface area contributed by atoms with Gasteiger partial charge in [-0.15, -0.1) is 0 Å². The third kappa shape index (κ3) is 4.18. The number of benzene rings is 2. The number of hydrogen-bond acceptors (Lipinski definition) is 3. The Bertz CT molecular complexity index is 743. The molecule has 0 aliphatic rings. The van der Waals surface area contributed by atoms with E-state index in [0.717, 1.165) is 16.9 Å². The summed E-state index contributed by atoms with van der Waals surface area (Å²) in [5.74, 6) is 0.502. The Morgan fingerprint density at radius 3 is 2.43 bits per heavy atom. The monoisotopic (exact) mass is 350 g/mol. The number of hydrogen-bond donors (Lipinski definition) is 2. The lowest BCUT2D eigenvalue weighted by atomic mass is 10.0. The summed E-state index contributed by atoms with van der Waals surface area (Å²) < 4.78 is 5.14. The molecule has 0 heterocycles. The van der Waals surface area contributed by atoms with Crippen molar-refractivity contribution in [3.05, 3.63) is 64.4 Å². The van der Waals surface area contributed by atoms with Crippen LogP contribution in [0, 0.1) is 0 Å². The van der Waals surface area contributed by atoms with E-state index in [0.29, 0.717) is 15.6 Å². The van der Waals surface area contributed by atoms with Crippen LogP contribution < -0.4 is 15.8 Å². The maximum atomic E-state index is 11.9. The first-order valence-electron chi connectivity index (χ1n) is 6.78. The van der Waals surface area contributed by atoms with Gasteiger partial charge in [0.2, 0.25) is 5.91 Å². The molecule has 1 amide bonds. The molecule has 0 spiro atoms. The van der Waals surface area contributed by atoms with Gasteiger partial charge in [-0.2, -0.15) is 0 Å². The van der Waals surface area contributed by atoms with Crippen molar-refractivity contribution in [2.45, 2.75) is 6.42 Å². The highest BCUT2D eigenvalue weighted by Gasteiger charge is 2.15. The van der Waals surface area contributed by atoms with Gasteiger partial charge in [0.05, 0.1) is 24.4 Å². The summed E-state index contributed by atoms with van der Waals surface area (Å²) >= 11 is 12.6. The first kappa shape index (κ1) is 17.2. The van der Waals surface area contributed by atoms with E-state index < -0.39 is 0 Å². The van der Waals surface area contributed by atoms with Gasteiger partial charge in [-0.1, -0.05) is 48.0 Å². The van der Waals surface area contributed by atoms with Crippen molar-refractivity contribution < 1.29 is 9.53 Å². The maximum Gasteiger partial charge on any atom is 0.229 e. The molecule has 0 radical (unpaired) electrons. The van der Waals surface area contributed by atoms with Crippen LogP contribution in [-0.4, -0.2) is 13.0 Å². The molecule has 23 heavy (non-hydrogen) atoms. The lowest BCUT2D eigenvalue weighted by molar-refractivity contribution is -0.119. The van der Waals surface area contributed by atoms with Gasteiger partial charge in [0.1, 0.15) is 5.75 Å². The number of carbonyl (C=O) groups excluding carboxylic acids is 1. The molecule has 6 heteroatoms. The minimum Gasteiger partial charge on any atom is -0.497 e. The lowest BCUT2D eigenvalue weighted by Crippen LogP contribution is -2.28. The Balaban J connectivity index is 2.37. The van der Waals surface area contributed by atoms with Crippen LogP contribution in [0.5, 0.6) is 5.75 Å². The van der Waals surface area contributed by atoms with Crippen LogP contribution in [0.4, 0.5) is 0 Å². The van der Waals surface area contributed by atoms with Crippen molar-refractivity contribution in [2.75, 3.05) is 7.11 Å². The summed E-state index contributed by atoms with van der Waals surface area (Å²) in [6.07, 6.45) is 0.0118. The number of ether oxygens (including phenoxy) is 1. The lowest BCUT2D eigenvalue weighted by Gasteiger charge is -2.12. The Morgan fingerprint density at radius 2 is 1.87 bits per heavy atom. The highest BCUT2D eigenvalue weighted by atomic mass is 35.5. The number of rotatable bonds is 5. The number of nitrogens with two attached hydrogens (primary N) is 1. The quantitative estimate of drug-likeness (QED) is 0.862. The van der Waals surface area contributed by atoms with Gasteiger partial charge in [0, 0.05) is 10.6 Å². The molecule has 0 aliphatic carbocycles. The number of carbonyl (C=O) groups is 1. The molecule has 120 valence electrons. The zero-order valence-electron chi connectivity index (χ0n) is 12.5. The molecular formula is C17H16Cl2N2O2. The summed E-state index contributed by atoms with van der Waals surface area (Å²) in [7, 11) is 1.60. The van der Waals surface area contributed by atoms with Gasteiger partial charge in [0.25, 0.3) is 0 Å². The number of halogens is 2. The third-order valence-electron chi connectivity index (χ3n) is 3.22. The molecule has 0 bridgehead atoms. The van der Waals surface area contributed by atoms with Gasteiger partial charge < -0.3 is 15.8 Å². The summed E-state index contributed by atoms with van der Waals surface area (Å²) in [4.78, 5) is 11.9. The first-order valence-corrected chi connectivity index (χ1v) is 7.53. The molecule has 0 fully saturated rings. The van der Waals surface area contributed by atoms with Crippen LogP contribution in [0.3, 0.4) is 0 Å². The second-order valence-corrected chi connectivity index (χ2v) is 5.65. The van der Waals surface area contributed by atoms with Gasteiger partial charge in [0.15, 0.2) is 0 Å². The van der Waals surface area contributed by atoms with Gasteiger partial charge in [-0.25, -0.2) is 0 Å². The van der Waals surface area contributed by atoms with Crippen LogP contribution in [-0.2, 0) is 11.2 Å². The Morgan fingerprint density at radius 1 is 1.22 bits per heavy atom.